The summed E-state index contributed by atoms with van der Waals surface area (Å²) < 4.78 is 15.0. The number of amides is 2. The highest BCUT2D eigenvalue weighted by Gasteiger charge is 2.32. The van der Waals surface area contributed by atoms with Gasteiger partial charge in [0.25, 0.3) is 0 Å². The third-order valence-electron chi connectivity index (χ3n) is 4.03. The first-order valence-electron chi connectivity index (χ1n) is 7.55. The lowest BCUT2D eigenvalue weighted by Crippen LogP contribution is -2.35. The Balaban J connectivity index is 1.71. The number of para-hydroxylation sites is 2. The van der Waals surface area contributed by atoms with E-state index in [4.69, 9.17) is 11.6 Å². The van der Waals surface area contributed by atoms with Crippen molar-refractivity contribution in [1.82, 2.24) is 9.55 Å². The van der Waals surface area contributed by atoms with Gasteiger partial charge < -0.3 is 5.32 Å². The molecule has 3 aromatic rings. The Hall–Kier alpha value is -2.93. The second kappa shape index (κ2) is 5.86. The van der Waals surface area contributed by atoms with E-state index in [1.54, 1.807) is 4.57 Å². The summed E-state index contributed by atoms with van der Waals surface area (Å²) in [6.45, 7) is 0. The zero-order chi connectivity index (χ0) is 17.6. The molecule has 1 aliphatic heterocycles. The summed E-state index contributed by atoms with van der Waals surface area (Å²) in [5.41, 5.74) is 1.78. The summed E-state index contributed by atoms with van der Waals surface area (Å²) in [4.78, 5) is 29.0. The van der Waals surface area contributed by atoms with Gasteiger partial charge in [-0.2, -0.15) is 0 Å². The molecule has 0 unspecified atom stereocenters. The van der Waals surface area contributed by atoms with Gasteiger partial charge in [0.15, 0.2) is 0 Å². The van der Waals surface area contributed by atoms with E-state index in [0.29, 0.717) is 17.2 Å². The predicted molar refractivity (Wildman–Crippen MR) is 92.1 cm³/mol. The molecule has 0 fully saturated rings. The maximum absolute atomic E-state index is 13.3. The van der Waals surface area contributed by atoms with E-state index in [-0.39, 0.29) is 17.4 Å². The lowest BCUT2D eigenvalue weighted by molar-refractivity contribution is -0.124. The van der Waals surface area contributed by atoms with Crippen LogP contribution in [-0.2, 0) is 9.59 Å². The summed E-state index contributed by atoms with van der Waals surface area (Å²) >= 11 is 5.74. The number of imidazole rings is 1. The number of hydrogen-bond acceptors (Lipinski definition) is 3. The molecule has 6 nitrogen and oxygen atoms in total. The molecule has 2 aromatic carbocycles. The van der Waals surface area contributed by atoms with Crippen LogP contribution < -0.4 is 10.6 Å². The molecular weight excluding hydrogens is 347 g/mol. The van der Waals surface area contributed by atoms with Gasteiger partial charge in [-0.05, 0) is 30.3 Å². The van der Waals surface area contributed by atoms with Gasteiger partial charge in [-0.1, -0.05) is 23.7 Å². The number of aromatic nitrogens is 2. The topological polar surface area (TPSA) is 76.0 Å². The molecular formula is C17H12ClFN4O2. The predicted octanol–water partition coefficient (Wildman–Crippen LogP) is 3.35. The van der Waals surface area contributed by atoms with Crippen LogP contribution in [0.4, 0.5) is 16.0 Å². The van der Waals surface area contributed by atoms with Crippen LogP contribution in [0.1, 0.15) is 12.5 Å². The van der Waals surface area contributed by atoms with Crippen LogP contribution in [0.25, 0.3) is 11.0 Å². The summed E-state index contributed by atoms with van der Waals surface area (Å²) in [5.74, 6) is -0.934. The molecule has 2 N–H and O–H groups in total. The number of nitrogens with zero attached hydrogens (tertiary/aromatic N) is 2. The molecule has 0 bridgehead atoms. The highest BCUT2D eigenvalue weighted by molar-refractivity contribution is 6.31. The Bertz CT molecular complexity index is 1020. The summed E-state index contributed by atoms with van der Waals surface area (Å²) in [7, 11) is 0. The largest absolute Gasteiger partial charge is 0.324 e. The standard InChI is InChI=1S/C17H12ClFN4O2/c18-10-7-9(5-6-11(10)19)20-16(25)14-8-15(24)22-17-21-12-3-1-2-4-13(12)23(14)17/h1-7,14H,8H2,(H,20,25)(H,21,22,24)/t14-/m0/s1. The molecule has 25 heavy (non-hydrogen) atoms. The number of benzene rings is 2. The Morgan fingerprint density at radius 1 is 1.32 bits per heavy atom. The van der Waals surface area contributed by atoms with Crippen LogP contribution >= 0.6 is 11.6 Å². The van der Waals surface area contributed by atoms with Gasteiger partial charge >= 0.3 is 0 Å². The van der Waals surface area contributed by atoms with Crippen molar-refractivity contribution in [1.29, 1.82) is 0 Å². The Morgan fingerprint density at radius 2 is 2.12 bits per heavy atom. The summed E-state index contributed by atoms with van der Waals surface area (Å²) in [6, 6.07) is 10.4. The van der Waals surface area contributed by atoms with Crippen molar-refractivity contribution >= 4 is 46.1 Å². The SMILES string of the molecule is O=C1C[C@@H](C(=O)Nc2ccc(F)c(Cl)c2)n2c(nc3ccccc32)N1. The molecule has 8 heteroatoms. The lowest BCUT2D eigenvalue weighted by atomic mass is 10.1. The maximum atomic E-state index is 13.3. The number of halogens is 2. The second-order valence-corrected chi connectivity index (χ2v) is 6.09. The van der Waals surface area contributed by atoms with Gasteiger partial charge in [-0.25, -0.2) is 9.37 Å². The fourth-order valence-electron chi connectivity index (χ4n) is 2.90. The Labute approximate surface area is 146 Å². The molecule has 2 amide bonds. The maximum Gasteiger partial charge on any atom is 0.248 e. The van der Waals surface area contributed by atoms with E-state index >= 15 is 0 Å². The summed E-state index contributed by atoms with van der Waals surface area (Å²) in [6.07, 6.45) is -0.0197. The van der Waals surface area contributed by atoms with Gasteiger partial charge in [0.05, 0.1) is 22.5 Å². The average molecular weight is 359 g/mol. The number of carbonyl (C=O) groups excluding carboxylic acids is 2. The minimum Gasteiger partial charge on any atom is -0.324 e. The van der Waals surface area contributed by atoms with E-state index in [1.807, 2.05) is 24.3 Å². The van der Waals surface area contributed by atoms with Crippen LogP contribution in [0.15, 0.2) is 42.5 Å². The monoisotopic (exact) mass is 358 g/mol. The molecule has 1 atom stereocenters. The van der Waals surface area contributed by atoms with Crippen LogP contribution in [-0.4, -0.2) is 21.4 Å². The van der Waals surface area contributed by atoms with Crippen molar-refractivity contribution in [3.05, 3.63) is 53.3 Å². The number of anilines is 2. The smallest absolute Gasteiger partial charge is 0.248 e. The normalized spacial score (nSPS) is 16.4. The van der Waals surface area contributed by atoms with Crippen molar-refractivity contribution in [2.45, 2.75) is 12.5 Å². The third kappa shape index (κ3) is 2.72. The second-order valence-electron chi connectivity index (χ2n) is 5.68. The molecule has 4 rings (SSSR count). The van der Waals surface area contributed by atoms with Crippen molar-refractivity contribution in [3.8, 4) is 0 Å². The van der Waals surface area contributed by atoms with E-state index in [1.165, 1.54) is 18.2 Å². The van der Waals surface area contributed by atoms with Crippen molar-refractivity contribution in [2.24, 2.45) is 0 Å². The first-order valence-corrected chi connectivity index (χ1v) is 7.93. The number of hydrogen-bond donors (Lipinski definition) is 2. The molecule has 0 aliphatic carbocycles. The molecule has 1 aromatic heterocycles. The average Bonchev–Trinajstić information content (AvgIpc) is 2.95. The van der Waals surface area contributed by atoms with E-state index in [9.17, 15) is 14.0 Å². The van der Waals surface area contributed by atoms with Crippen LogP contribution in [0.3, 0.4) is 0 Å². The van der Waals surface area contributed by atoms with Gasteiger partial charge in [-0.15, -0.1) is 0 Å². The molecule has 126 valence electrons. The van der Waals surface area contributed by atoms with Gasteiger partial charge in [0.1, 0.15) is 11.9 Å². The fraction of sp³-hybridized carbons (Fsp3) is 0.118. The summed E-state index contributed by atoms with van der Waals surface area (Å²) in [5, 5.41) is 5.26. The quantitative estimate of drug-likeness (QED) is 0.737. The van der Waals surface area contributed by atoms with Crippen LogP contribution in [0.5, 0.6) is 0 Å². The third-order valence-corrected chi connectivity index (χ3v) is 4.32. The number of nitrogens with one attached hydrogen (secondary N) is 2. The van der Waals surface area contributed by atoms with E-state index in [0.717, 1.165) is 5.52 Å². The van der Waals surface area contributed by atoms with E-state index in [2.05, 4.69) is 15.6 Å². The molecule has 0 spiro atoms. The van der Waals surface area contributed by atoms with Gasteiger partial charge in [0, 0.05) is 5.69 Å². The van der Waals surface area contributed by atoms with E-state index < -0.39 is 17.8 Å². The molecule has 0 radical (unpaired) electrons. The minimum absolute atomic E-state index is 0.0197. The van der Waals surface area contributed by atoms with Crippen molar-refractivity contribution < 1.29 is 14.0 Å². The Morgan fingerprint density at radius 3 is 2.92 bits per heavy atom. The molecule has 1 aliphatic rings. The van der Waals surface area contributed by atoms with Gasteiger partial charge in [-0.3, -0.25) is 19.5 Å². The zero-order valence-corrected chi connectivity index (χ0v) is 13.5. The first kappa shape index (κ1) is 15.6. The van der Waals surface area contributed by atoms with Crippen molar-refractivity contribution in [2.75, 3.05) is 10.6 Å². The number of fused-ring (bicyclic) bond motifs is 3. The highest BCUT2D eigenvalue weighted by Crippen LogP contribution is 2.31. The highest BCUT2D eigenvalue weighted by atomic mass is 35.5. The fourth-order valence-corrected chi connectivity index (χ4v) is 3.08. The molecule has 0 saturated heterocycles. The number of carbonyl (C=O) groups is 2. The molecule has 0 saturated carbocycles. The van der Waals surface area contributed by atoms with Crippen LogP contribution in [0.2, 0.25) is 5.02 Å². The Kier molecular flexibility index (Phi) is 3.65. The minimum atomic E-state index is -0.764. The molecule has 2 heterocycles. The van der Waals surface area contributed by atoms with Crippen molar-refractivity contribution in [3.63, 3.8) is 0 Å². The first-order chi connectivity index (χ1) is 12.0. The van der Waals surface area contributed by atoms with Gasteiger partial charge in [0.2, 0.25) is 17.8 Å². The zero-order valence-electron chi connectivity index (χ0n) is 12.8. The lowest BCUT2D eigenvalue weighted by Gasteiger charge is -2.25. The van der Waals surface area contributed by atoms with Crippen LogP contribution in [0, 0.1) is 5.82 Å². The number of rotatable bonds is 2.